The van der Waals surface area contributed by atoms with Crippen molar-refractivity contribution >= 4 is 17.6 Å². The zero-order chi connectivity index (χ0) is 16.7. The highest BCUT2D eigenvalue weighted by molar-refractivity contribution is 5.98. The minimum atomic E-state index is -0.536. The largest absolute Gasteiger partial charge is 0.374 e. The van der Waals surface area contributed by atoms with Crippen molar-refractivity contribution in [3.05, 3.63) is 29.8 Å². The highest BCUT2D eigenvalue weighted by Crippen LogP contribution is 2.17. The minimum Gasteiger partial charge on any atom is -0.374 e. The number of rotatable bonds is 5. The molecular formula is C17H22N4O2. The fourth-order valence-corrected chi connectivity index (χ4v) is 2.64. The van der Waals surface area contributed by atoms with Gasteiger partial charge in [0.25, 0.3) is 0 Å². The van der Waals surface area contributed by atoms with E-state index in [1.165, 1.54) is 0 Å². The Morgan fingerprint density at radius 2 is 1.91 bits per heavy atom. The van der Waals surface area contributed by atoms with Gasteiger partial charge in [0.15, 0.2) is 0 Å². The average Bonchev–Trinajstić information content (AvgIpc) is 3.02. The molecule has 0 aliphatic heterocycles. The summed E-state index contributed by atoms with van der Waals surface area (Å²) in [5, 5.41) is 16.9. The Bertz CT molecular complexity index is 586. The van der Waals surface area contributed by atoms with Crippen molar-refractivity contribution in [3.8, 4) is 6.07 Å². The zero-order valence-electron chi connectivity index (χ0n) is 13.3. The molecule has 1 aliphatic carbocycles. The van der Waals surface area contributed by atoms with Gasteiger partial charge in [-0.25, -0.2) is 4.79 Å². The fourth-order valence-electron chi connectivity index (χ4n) is 2.64. The Hall–Kier alpha value is -2.55. The van der Waals surface area contributed by atoms with E-state index in [2.05, 4.69) is 22.0 Å². The summed E-state index contributed by atoms with van der Waals surface area (Å²) in [7, 11) is 0. The van der Waals surface area contributed by atoms with Crippen molar-refractivity contribution < 1.29 is 9.59 Å². The molecule has 1 aromatic rings. The summed E-state index contributed by atoms with van der Waals surface area (Å²) in [5.74, 6) is -0.374. The van der Waals surface area contributed by atoms with Crippen LogP contribution in [-0.4, -0.2) is 24.0 Å². The second kappa shape index (κ2) is 8.18. The quantitative estimate of drug-likeness (QED) is 0.777. The van der Waals surface area contributed by atoms with E-state index in [0.717, 1.165) is 36.9 Å². The first kappa shape index (κ1) is 16.8. The SMILES string of the molecule is C[C@H](Nc1ccc(CC#N)cc1)C(=O)NC(=O)NC1CCCC1. The third-order valence-corrected chi connectivity index (χ3v) is 3.94. The summed E-state index contributed by atoms with van der Waals surface area (Å²) >= 11 is 0. The molecule has 0 spiro atoms. The van der Waals surface area contributed by atoms with Gasteiger partial charge in [-0.15, -0.1) is 0 Å². The molecule has 1 aromatic carbocycles. The Morgan fingerprint density at radius 3 is 2.52 bits per heavy atom. The molecule has 0 saturated heterocycles. The number of urea groups is 1. The fraction of sp³-hybridized carbons (Fsp3) is 0.471. The molecule has 0 unspecified atom stereocenters. The third kappa shape index (κ3) is 5.29. The number of carbonyl (C=O) groups is 2. The number of carbonyl (C=O) groups excluding carboxylic acids is 2. The van der Waals surface area contributed by atoms with Gasteiger partial charge in [0.1, 0.15) is 6.04 Å². The number of nitriles is 1. The van der Waals surface area contributed by atoms with Crippen LogP contribution in [0.5, 0.6) is 0 Å². The Morgan fingerprint density at radius 1 is 1.26 bits per heavy atom. The van der Waals surface area contributed by atoms with Crippen LogP contribution in [0.4, 0.5) is 10.5 Å². The molecule has 1 fully saturated rings. The van der Waals surface area contributed by atoms with Crippen LogP contribution in [0.25, 0.3) is 0 Å². The number of nitrogens with one attached hydrogen (secondary N) is 3. The van der Waals surface area contributed by atoms with Gasteiger partial charge in [-0.05, 0) is 37.5 Å². The van der Waals surface area contributed by atoms with E-state index in [4.69, 9.17) is 5.26 Å². The number of nitrogens with zero attached hydrogens (tertiary/aromatic N) is 1. The van der Waals surface area contributed by atoms with Crippen molar-refractivity contribution in [1.29, 1.82) is 5.26 Å². The number of anilines is 1. The summed E-state index contributed by atoms with van der Waals surface area (Å²) in [5.41, 5.74) is 1.69. The molecule has 1 atom stereocenters. The molecule has 23 heavy (non-hydrogen) atoms. The van der Waals surface area contributed by atoms with E-state index in [0.29, 0.717) is 6.42 Å². The Balaban J connectivity index is 1.79. The number of benzene rings is 1. The van der Waals surface area contributed by atoms with Gasteiger partial charge in [0.05, 0.1) is 12.5 Å². The first-order valence-electron chi connectivity index (χ1n) is 7.92. The van der Waals surface area contributed by atoms with Crippen LogP contribution in [0.1, 0.15) is 38.2 Å². The molecule has 1 aliphatic rings. The van der Waals surface area contributed by atoms with E-state index >= 15 is 0 Å². The molecule has 122 valence electrons. The topological polar surface area (TPSA) is 94.0 Å². The van der Waals surface area contributed by atoms with Gasteiger partial charge in [-0.2, -0.15) is 5.26 Å². The second-order valence-corrected chi connectivity index (χ2v) is 5.84. The lowest BCUT2D eigenvalue weighted by molar-refractivity contribution is -0.120. The van der Waals surface area contributed by atoms with Crippen LogP contribution in [0.3, 0.4) is 0 Å². The number of hydrogen-bond donors (Lipinski definition) is 3. The van der Waals surface area contributed by atoms with Crippen LogP contribution < -0.4 is 16.0 Å². The minimum absolute atomic E-state index is 0.179. The highest BCUT2D eigenvalue weighted by Gasteiger charge is 2.20. The van der Waals surface area contributed by atoms with Gasteiger partial charge in [0, 0.05) is 11.7 Å². The van der Waals surface area contributed by atoms with Gasteiger partial charge in [0.2, 0.25) is 5.91 Å². The predicted octanol–water partition coefficient (Wildman–Crippen LogP) is 2.32. The average molecular weight is 314 g/mol. The molecule has 3 N–H and O–H groups in total. The summed E-state index contributed by atoms with van der Waals surface area (Å²) < 4.78 is 0. The number of hydrogen-bond acceptors (Lipinski definition) is 4. The van der Waals surface area contributed by atoms with Crippen LogP contribution in [0.15, 0.2) is 24.3 Å². The van der Waals surface area contributed by atoms with E-state index in [1.807, 2.05) is 24.3 Å². The summed E-state index contributed by atoms with van der Waals surface area (Å²) in [6, 6.07) is 8.60. The van der Waals surface area contributed by atoms with Crippen molar-refractivity contribution in [1.82, 2.24) is 10.6 Å². The monoisotopic (exact) mass is 314 g/mol. The molecule has 0 heterocycles. The predicted molar refractivity (Wildman–Crippen MR) is 87.8 cm³/mol. The number of imide groups is 1. The summed E-state index contributed by atoms with van der Waals surface area (Å²) in [4.78, 5) is 23.8. The maximum Gasteiger partial charge on any atom is 0.321 e. The molecule has 3 amide bonds. The Kier molecular flexibility index (Phi) is 5.98. The lowest BCUT2D eigenvalue weighted by Gasteiger charge is -2.17. The molecule has 6 nitrogen and oxygen atoms in total. The molecule has 2 rings (SSSR count). The van der Waals surface area contributed by atoms with E-state index in [9.17, 15) is 9.59 Å². The van der Waals surface area contributed by atoms with Gasteiger partial charge >= 0.3 is 6.03 Å². The van der Waals surface area contributed by atoms with Crippen molar-refractivity contribution in [2.24, 2.45) is 0 Å². The molecule has 0 bridgehead atoms. The standard InChI is InChI=1S/C17H22N4O2/c1-12(19-15-8-6-13(7-9-15)10-11-18)16(22)21-17(23)20-14-4-2-3-5-14/h6-9,12,14,19H,2-5,10H2,1H3,(H2,20,21,22,23)/t12-/m0/s1. The van der Waals surface area contributed by atoms with Gasteiger partial charge in [-0.3, -0.25) is 10.1 Å². The lowest BCUT2D eigenvalue weighted by atomic mass is 10.1. The van der Waals surface area contributed by atoms with Gasteiger partial charge < -0.3 is 10.6 Å². The first-order valence-corrected chi connectivity index (χ1v) is 7.92. The Labute approximate surface area is 136 Å². The molecule has 6 heteroatoms. The highest BCUT2D eigenvalue weighted by atomic mass is 16.2. The van der Waals surface area contributed by atoms with Crippen LogP contribution in [0, 0.1) is 11.3 Å². The van der Waals surface area contributed by atoms with Crippen LogP contribution >= 0.6 is 0 Å². The summed E-state index contributed by atoms with van der Waals surface area (Å²) in [6.07, 6.45) is 4.56. The zero-order valence-corrected chi connectivity index (χ0v) is 13.3. The molecule has 0 radical (unpaired) electrons. The lowest BCUT2D eigenvalue weighted by Crippen LogP contribution is -2.48. The molecule has 1 saturated carbocycles. The molecular weight excluding hydrogens is 292 g/mol. The van der Waals surface area contributed by atoms with Crippen molar-refractivity contribution in [3.63, 3.8) is 0 Å². The van der Waals surface area contributed by atoms with E-state index < -0.39 is 12.1 Å². The van der Waals surface area contributed by atoms with E-state index in [-0.39, 0.29) is 11.9 Å². The normalized spacial score (nSPS) is 15.5. The summed E-state index contributed by atoms with van der Waals surface area (Å²) in [6.45, 7) is 1.70. The van der Waals surface area contributed by atoms with Crippen molar-refractivity contribution in [2.45, 2.75) is 51.1 Å². The first-order chi connectivity index (χ1) is 11.1. The van der Waals surface area contributed by atoms with Gasteiger partial charge in [-0.1, -0.05) is 25.0 Å². The van der Waals surface area contributed by atoms with Crippen molar-refractivity contribution in [2.75, 3.05) is 5.32 Å². The molecule has 0 aromatic heterocycles. The second-order valence-electron chi connectivity index (χ2n) is 5.84. The maximum absolute atomic E-state index is 12.0. The third-order valence-electron chi connectivity index (χ3n) is 3.94. The number of amides is 3. The van der Waals surface area contributed by atoms with E-state index in [1.54, 1.807) is 6.92 Å². The van der Waals surface area contributed by atoms with Crippen LogP contribution in [-0.2, 0) is 11.2 Å². The van der Waals surface area contributed by atoms with Crippen LogP contribution in [0.2, 0.25) is 0 Å². The maximum atomic E-state index is 12.0. The smallest absolute Gasteiger partial charge is 0.321 e.